The summed E-state index contributed by atoms with van der Waals surface area (Å²) in [5.74, 6) is -1.96. The molecule has 0 fully saturated rings. The van der Waals surface area contributed by atoms with Gasteiger partial charge in [0.25, 0.3) is 5.91 Å². The van der Waals surface area contributed by atoms with E-state index in [0.29, 0.717) is 12.1 Å². The number of carbonyl (C=O) groups is 2. The Labute approximate surface area is 112 Å². The third kappa shape index (κ3) is 4.81. The Balaban J connectivity index is 2.48. The lowest BCUT2D eigenvalue weighted by atomic mass is 10.1. The molecule has 0 radical (unpaired) electrons. The van der Waals surface area contributed by atoms with E-state index < -0.39 is 17.5 Å². The van der Waals surface area contributed by atoms with Crippen LogP contribution in [0.25, 0.3) is 0 Å². The molecule has 0 bridgehead atoms. The predicted molar refractivity (Wildman–Crippen MR) is 71.7 cm³/mol. The summed E-state index contributed by atoms with van der Waals surface area (Å²) in [6, 6.07) is 8.85. The lowest BCUT2D eigenvalue weighted by Gasteiger charge is -2.25. The maximum atomic E-state index is 11.7. The van der Waals surface area contributed by atoms with E-state index in [1.807, 2.05) is 6.07 Å². The topological polar surface area (TPSA) is 64.6 Å². The Kier molecular flexibility index (Phi) is 5.66. The monoisotopic (exact) mass is 265 g/mol. The summed E-state index contributed by atoms with van der Waals surface area (Å²) in [6.07, 6.45) is 0.387. The van der Waals surface area contributed by atoms with Crippen molar-refractivity contribution in [2.24, 2.45) is 0 Å². The number of methoxy groups -OCH3 is 2. The molecule has 0 atom stereocenters. The van der Waals surface area contributed by atoms with E-state index in [1.165, 1.54) is 14.2 Å². The van der Waals surface area contributed by atoms with Crippen molar-refractivity contribution in [3.05, 3.63) is 30.3 Å². The first-order chi connectivity index (χ1) is 9.00. The van der Waals surface area contributed by atoms with Gasteiger partial charge < -0.3 is 14.8 Å². The summed E-state index contributed by atoms with van der Waals surface area (Å²) in [6.45, 7) is 1.72. The van der Waals surface area contributed by atoms with Crippen molar-refractivity contribution in [1.82, 2.24) is 0 Å². The van der Waals surface area contributed by atoms with Gasteiger partial charge in [-0.2, -0.15) is 0 Å². The number of Topliss-reactive ketones (excluding diaryl/α,β-unsaturated/α-hetero) is 1. The number of para-hydroxylation sites is 1. The quantitative estimate of drug-likeness (QED) is 0.605. The molecule has 0 heterocycles. The minimum absolute atomic E-state index is 0.0663. The summed E-state index contributed by atoms with van der Waals surface area (Å²) in [4.78, 5) is 23.4. The van der Waals surface area contributed by atoms with E-state index in [2.05, 4.69) is 5.32 Å². The van der Waals surface area contributed by atoms with Crippen LogP contribution in [-0.2, 0) is 19.1 Å². The van der Waals surface area contributed by atoms with Crippen LogP contribution in [0.2, 0.25) is 0 Å². The minimum Gasteiger partial charge on any atom is -0.353 e. The highest BCUT2D eigenvalue weighted by Crippen LogP contribution is 2.17. The average molecular weight is 265 g/mol. The number of rotatable bonds is 7. The smallest absolute Gasteiger partial charge is 0.291 e. The van der Waals surface area contributed by atoms with E-state index in [1.54, 1.807) is 31.2 Å². The van der Waals surface area contributed by atoms with Crippen molar-refractivity contribution in [1.29, 1.82) is 0 Å². The maximum Gasteiger partial charge on any atom is 0.291 e. The van der Waals surface area contributed by atoms with E-state index >= 15 is 0 Å². The standard InChI is InChI=1S/C14H19NO4/c1-14(18-2,19-3)10-9-12(16)13(17)15-11-7-5-4-6-8-11/h4-8H,9-10H2,1-3H3,(H,15,17). The highest BCUT2D eigenvalue weighted by Gasteiger charge is 2.25. The van der Waals surface area contributed by atoms with Crippen molar-refractivity contribution < 1.29 is 19.1 Å². The molecule has 0 aromatic heterocycles. The van der Waals surface area contributed by atoms with Crippen LogP contribution in [0.3, 0.4) is 0 Å². The fourth-order valence-electron chi connectivity index (χ4n) is 1.46. The number of ketones is 1. The first-order valence-electron chi connectivity index (χ1n) is 6.00. The Morgan fingerprint density at radius 2 is 1.74 bits per heavy atom. The number of anilines is 1. The van der Waals surface area contributed by atoms with E-state index in [9.17, 15) is 9.59 Å². The third-order valence-electron chi connectivity index (χ3n) is 2.95. The number of amides is 1. The van der Waals surface area contributed by atoms with Gasteiger partial charge in [-0.25, -0.2) is 0 Å². The summed E-state index contributed by atoms with van der Waals surface area (Å²) in [7, 11) is 3.00. The largest absolute Gasteiger partial charge is 0.353 e. The van der Waals surface area contributed by atoms with Gasteiger partial charge in [-0.05, 0) is 19.1 Å². The summed E-state index contributed by atoms with van der Waals surface area (Å²) in [5, 5.41) is 2.54. The molecule has 1 N–H and O–H groups in total. The second-order valence-electron chi connectivity index (χ2n) is 4.29. The molecule has 0 aliphatic carbocycles. The fourth-order valence-corrected chi connectivity index (χ4v) is 1.46. The zero-order chi connectivity index (χ0) is 14.3. The van der Waals surface area contributed by atoms with E-state index in [4.69, 9.17) is 9.47 Å². The molecule has 0 spiro atoms. The van der Waals surface area contributed by atoms with Crippen LogP contribution in [0.5, 0.6) is 0 Å². The fraction of sp³-hybridized carbons (Fsp3) is 0.429. The summed E-state index contributed by atoms with van der Waals surface area (Å²) >= 11 is 0. The van der Waals surface area contributed by atoms with Crippen LogP contribution in [0.1, 0.15) is 19.8 Å². The molecule has 104 valence electrons. The number of benzene rings is 1. The van der Waals surface area contributed by atoms with Crippen molar-refractivity contribution >= 4 is 17.4 Å². The average Bonchev–Trinajstić information content (AvgIpc) is 2.45. The second kappa shape index (κ2) is 7.01. The first-order valence-corrected chi connectivity index (χ1v) is 6.00. The van der Waals surface area contributed by atoms with Crippen LogP contribution < -0.4 is 5.32 Å². The van der Waals surface area contributed by atoms with Crippen LogP contribution >= 0.6 is 0 Å². The molecule has 0 aliphatic rings. The van der Waals surface area contributed by atoms with Gasteiger partial charge in [0.1, 0.15) is 0 Å². The lowest BCUT2D eigenvalue weighted by molar-refractivity contribution is -0.198. The molecule has 0 unspecified atom stereocenters. The van der Waals surface area contributed by atoms with Crippen molar-refractivity contribution in [3.63, 3.8) is 0 Å². The highest BCUT2D eigenvalue weighted by atomic mass is 16.7. The summed E-state index contributed by atoms with van der Waals surface area (Å²) in [5.41, 5.74) is 0.599. The van der Waals surface area contributed by atoms with Crippen LogP contribution in [0, 0.1) is 0 Å². The van der Waals surface area contributed by atoms with Crippen molar-refractivity contribution in [2.45, 2.75) is 25.6 Å². The molecular formula is C14H19NO4. The van der Waals surface area contributed by atoms with Crippen LogP contribution in [0.4, 0.5) is 5.69 Å². The Morgan fingerprint density at radius 1 is 1.16 bits per heavy atom. The van der Waals surface area contributed by atoms with Gasteiger partial charge >= 0.3 is 0 Å². The van der Waals surface area contributed by atoms with Gasteiger partial charge in [0.2, 0.25) is 5.78 Å². The Hall–Kier alpha value is -1.72. The van der Waals surface area contributed by atoms with Gasteiger partial charge in [-0.15, -0.1) is 0 Å². The zero-order valence-corrected chi connectivity index (χ0v) is 11.4. The van der Waals surface area contributed by atoms with Gasteiger partial charge in [0.05, 0.1) is 0 Å². The third-order valence-corrected chi connectivity index (χ3v) is 2.95. The molecule has 1 amide bonds. The predicted octanol–water partition coefficient (Wildman–Crippen LogP) is 1.98. The van der Waals surface area contributed by atoms with Gasteiger partial charge in [0.15, 0.2) is 5.79 Å². The SMILES string of the molecule is COC(C)(CCC(=O)C(=O)Nc1ccccc1)OC. The van der Waals surface area contributed by atoms with Gasteiger partial charge in [-0.3, -0.25) is 9.59 Å². The highest BCUT2D eigenvalue weighted by molar-refractivity contribution is 6.40. The van der Waals surface area contributed by atoms with Crippen LogP contribution in [-0.4, -0.2) is 31.7 Å². The van der Waals surface area contributed by atoms with E-state index in [-0.39, 0.29) is 6.42 Å². The Bertz CT molecular complexity index is 426. The summed E-state index contributed by atoms with van der Waals surface area (Å²) < 4.78 is 10.3. The Morgan fingerprint density at radius 3 is 2.26 bits per heavy atom. The molecule has 5 nitrogen and oxygen atoms in total. The van der Waals surface area contributed by atoms with Crippen molar-refractivity contribution in [3.8, 4) is 0 Å². The van der Waals surface area contributed by atoms with E-state index in [0.717, 1.165) is 0 Å². The number of hydrogen-bond acceptors (Lipinski definition) is 4. The molecule has 1 rings (SSSR count). The van der Waals surface area contributed by atoms with Crippen molar-refractivity contribution in [2.75, 3.05) is 19.5 Å². The molecule has 19 heavy (non-hydrogen) atoms. The molecule has 0 aliphatic heterocycles. The molecule has 5 heteroatoms. The lowest BCUT2D eigenvalue weighted by Crippen LogP contribution is -2.32. The molecular weight excluding hydrogens is 246 g/mol. The normalized spacial score (nSPS) is 11.1. The first kappa shape index (κ1) is 15.3. The number of nitrogens with one attached hydrogen (secondary N) is 1. The van der Waals surface area contributed by atoms with Gasteiger partial charge in [0, 0.05) is 32.7 Å². The molecule has 0 saturated carbocycles. The maximum absolute atomic E-state index is 11.7. The molecule has 1 aromatic carbocycles. The molecule has 0 saturated heterocycles. The van der Waals surface area contributed by atoms with Crippen LogP contribution in [0.15, 0.2) is 30.3 Å². The number of hydrogen-bond donors (Lipinski definition) is 1. The number of carbonyl (C=O) groups excluding carboxylic acids is 2. The number of ether oxygens (including phenoxy) is 2. The second-order valence-corrected chi connectivity index (χ2v) is 4.29. The van der Waals surface area contributed by atoms with Gasteiger partial charge in [-0.1, -0.05) is 18.2 Å². The molecule has 1 aromatic rings. The minimum atomic E-state index is -0.845. The zero-order valence-electron chi connectivity index (χ0n) is 11.4.